The Morgan fingerprint density at radius 2 is 1.57 bits per heavy atom. The zero-order valence-corrected chi connectivity index (χ0v) is 30.9. The van der Waals surface area contributed by atoms with Crippen LogP contribution in [-0.4, -0.2) is 70.0 Å². The second-order valence-corrected chi connectivity index (χ2v) is 16.1. The SMILES string of the molecule is CCCCc1ccc(C2CCN(c3cnc(-c4ccc(CC(NC(=O)c5ccc(C(C)(C)C)s5)C(=O)N5CC(C(=O)O)C5)cc4)nc3)CC2)cc1. The van der Waals surface area contributed by atoms with Crippen LogP contribution in [0.3, 0.4) is 0 Å². The third kappa shape index (κ3) is 8.84. The van der Waals surface area contributed by atoms with Crippen molar-refractivity contribution in [2.24, 2.45) is 5.92 Å². The number of carboxylic acid groups (broad SMARTS) is 1. The van der Waals surface area contributed by atoms with E-state index in [1.54, 1.807) is 6.07 Å². The van der Waals surface area contributed by atoms with Gasteiger partial charge in [0, 0.05) is 43.0 Å². The predicted molar refractivity (Wildman–Crippen MR) is 202 cm³/mol. The standard InChI is InChI=1S/C41H49N5O4S/c1-5-6-7-27-8-12-29(13-9-27)30-18-20-45(21-19-30)33-23-42-37(43-24-33)31-14-10-28(11-15-31)22-34(39(48)46-25-32(26-46)40(49)50)44-38(47)35-16-17-36(51-35)41(2,3)4/h8-17,23-24,30,32,34H,5-7,18-22,25-26H2,1-4H3,(H,44,47)(H,49,50). The first-order chi connectivity index (χ1) is 24.5. The van der Waals surface area contributed by atoms with Crippen LogP contribution in [0.1, 0.15) is 90.5 Å². The fraction of sp³-hybridized carbons (Fsp3) is 0.439. The molecule has 1 unspecified atom stereocenters. The lowest BCUT2D eigenvalue weighted by Crippen LogP contribution is -2.59. The minimum atomic E-state index is -0.914. The highest BCUT2D eigenvalue weighted by atomic mass is 32.1. The second-order valence-electron chi connectivity index (χ2n) is 15.0. The lowest BCUT2D eigenvalue weighted by atomic mass is 9.88. The number of nitrogens with zero attached hydrogens (tertiary/aromatic N) is 4. The zero-order valence-electron chi connectivity index (χ0n) is 30.1. The molecule has 268 valence electrons. The van der Waals surface area contributed by atoms with E-state index in [2.05, 4.69) is 62.2 Å². The molecule has 51 heavy (non-hydrogen) atoms. The van der Waals surface area contributed by atoms with Crippen LogP contribution >= 0.6 is 11.3 Å². The van der Waals surface area contributed by atoms with E-state index in [-0.39, 0.29) is 36.7 Å². The van der Waals surface area contributed by atoms with Crippen LogP contribution in [0.15, 0.2) is 73.1 Å². The average Bonchev–Trinajstić information content (AvgIpc) is 3.62. The summed E-state index contributed by atoms with van der Waals surface area (Å²) in [6, 6.07) is 19.9. The molecular formula is C41H49N5O4S. The number of piperidine rings is 1. The first-order valence-electron chi connectivity index (χ1n) is 18.2. The molecule has 2 aromatic carbocycles. The molecule has 9 nitrogen and oxygen atoms in total. The van der Waals surface area contributed by atoms with Gasteiger partial charge in [-0.25, -0.2) is 9.97 Å². The Bertz CT molecular complexity index is 1800. The molecule has 2 N–H and O–H groups in total. The molecule has 0 aliphatic carbocycles. The Balaban J connectivity index is 1.07. The molecule has 4 aromatic rings. The summed E-state index contributed by atoms with van der Waals surface area (Å²) in [5, 5.41) is 12.3. The minimum absolute atomic E-state index is 0.0914. The Hall–Kier alpha value is -4.57. The number of unbranched alkanes of at least 4 members (excludes halogenated alkanes) is 1. The van der Waals surface area contributed by atoms with E-state index >= 15 is 0 Å². The maximum absolute atomic E-state index is 13.5. The van der Waals surface area contributed by atoms with E-state index < -0.39 is 17.9 Å². The fourth-order valence-electron chi connectivity index (χ4n) is 6.80. The summed E-state index contributed by atoms with van der Waals surface area (Å²) in [5.41, 5.74) is 5.52. The van der Waals surface area contributed by atoms with Crippen molar-refractivity contribution in [2.45, 2.75) is 83.6 Å². The van der Waals surface area contributed by atoms with Crippen molar-refractivity contribution in [2.75, 3.05) is 31.1 Å². The number of aromatic nitrogens is 2. The number of anilines is 1. The molecule has 2 saturated heterocycles. The van der Waals surface area contributed by atoms with E-state index in [0.717, 1.165) is 54.0 Å². The average molecular weight is 708 g/mol. The number of carbonyl (C=O) groups excluding carboxylic acids is 2. The number of carbonyl (C=O) groups is 3. The number of likely N-dealkylation sites (tertiary alicyclic amines) is 1. The van der Waals surface area contributed by atoms with Gasteiger partial charge in [-0.2, -0.15) is 0 Å². The number of rotatable bonds is 12. The van der Waals surface area contributed by atoms with Crippen molar-refractivity contribution >= 4 is 34.8 Å². The van der Waals surface area contributed by atoms with Crippen LogP contribution in [0.4, 0.5) is 5.69 Å². The van der Waals surface area contributed by atoms with Crippen LogP contribution in [-0.2, 0) is 27.8 Å². The number of benzene rings is 2. The maximum Gasteiger partial charge on any atom is 0.310 e. The Morgan fingerprint density at radius 1 is 0.922 bits per heavy atom. The van der Waals surface area contributed by atoms with Gasteiger partial charge in [0.05, 0.1) is 28.9 Å². The monoisotopic (exact) mass is 707 g/mol. The number of hydrogen-bond acceptors (Lipinski definition) is 7. The molecule has 0 radical (unpaired) electrons. The zero-order chi connectivity index (χ0) is 36.1. The summed E-state index contributed by atoms with van der Waals surface area (Å²) in [5.74, 6) is -0.879. The molecule has 10 heteroatoms. The number of carboxylic acids is 1. The molecule has 0 spiro atoms. The first kappa shape index (κ1) is 36.2. The molecule has 1 atom stereocenters. The third-order valence-corrected chi connectivity index (χ3v) is 11.6. The summed E-state index contributed by atoms with van der Waals surface area (Å²) in [4.78, 5) is 53.1. The highest BCUT2D eigenvalue weighted by Gasteiger charge is 2.39. The molecule has 2 aliphatic rings. The summed E-state index contributed by atoms with van der Waals surface area (Å²) in [7, 11) is 0. The number of aliphatic carboxylic acids is 1. The van der Waals surface area contributed by atoms with Crippen LogP contribution < -0.4 is 10.2 Å². The molecule has 6 rings (SSSR count). The Kier molecular flexibility index (Phi) is 11.2. The second kappa shape index (κ2) is 15.8. The molecule has 0 bridgehead atoms. The Morgan fingerprint density at radius 3 is 2.16 bits per heavy atom. The molecular weight excluding hydrogens is 659 g/mol. The van der Waals surface area contributed by atoms with E-state index in [9.17, 15) is 19.5 Å². The van der Waals surface area contributed by atoms with E-state index in [0.29, 0.717) is 16.6 Å². The summed E-state index contributed by atoms with van der Waals surface area (Å²) in [6.07, 6.45) is 9.89. The van der Waals surface area contributed by atoms with Gasteiger partial charge in [-0.05, 0) is 65.8 Å². The molecule has 2 fully saturated rings. The van der Waals surface area contributed by atoms with Gasteiger partial charge in [0.2, 0.25) is 5.91 Å². The Labute approximate surface area is 305 Å². The van der Waals surface area contributed by atoms with Crippen molar-refractivity contribution < 1.29 is 19.5 Å². The van der Waals surface area contributed by atoms with Crippen molar-refractivity contribution in [1.82, 2.24) is 20.2 Å². The molecule has 2 aliphatic heterocycles. The van der Waals surface area contributed by atoms with Crippen molar-refractivity contribution in [3.8, 4) is 11.4 Å². The summed E-state index contributed by atoms with van der Waals surface area (Å²) < 4.78 is 0. The van der Waals surface area contributed by atoms with Gasteiger partial charge < -0.3 is 20.2 Å². The van der Waals surface area contributed by atoms with E-state index in [4.69, 9.17) is 9.97 Å². The van der Waals surface area contributed by atoms with Crippen LogP contribution in [0.5, 0.6) is 0 Å². The summed E-state index contributed by atoms with van der Waals surface area (Å²) >= 11 is 1.42. The van der Waals surface area contributed by atoms with Crippen molar-refractivity contribution in [3.63, 3.8) is 0 Å². The highest BCUT2D eigenvalue weighted by molar-refractivity contribution is 7.14. The molecule has 0 saturated carbocycles. The van der Waals surface area contributed by atoms with Gasteiger partial charge in [-0.1, -0.05) is 82.6 Å². The molecule has 4 heterocycles. The van der Waals surface area contributed by atoms with E-state index in [1.165, 1.54) is 40.2 Å². The number of thiophene rings is 1. The number of amides is 2. The van der Waals surface area contributed by atoms with E-state index in [1.807, 2.05) is 42.7 Å². The van der Waals surface area contributed by atoms with Crippen LogP contribution in [0, 0.1) is 5.92 Å². The normalized spacial score (nSPS) is 16.1. The number of hydrogen-bond donors (Lipinski definition) is 2. The quantitative estimate of drug-likeness (QED) is 0.161. The fourth-order valence-corrected chi connectivity index (χ4v) is 7.76. The van der Waals surface area contributed by atoms with Crippen LogP contribution in [0.25, 0.3) is 11.4 Å². The molecule has 2 aromatic heterocycles. The van der Waals surface area contributed by atoms with Gasteiger partial charge in [0.1, 0.15) is 6.04 Å². The molecule has 2 amide bonds. The predicted octanol–water partition coefficient (Wildman–Crippen LogP) is 7.11. The topological polar surface area (TPSA) is 116 Å². The summed E-state index contributed by atoms with van der Waals surface area (Å²) in [6.45, 7) is 10.7. The third-order valence-electron chi connectivity index (χ3n) is 10.1. The van der Waals surface area contributed by atoms with Gasteiger partial charge in [0.25, 0.3) is 5.91 Å². The first-order valence-corrected chi connectivity index (χ1v) is 19.0. The lowest BCUT2D eigenvalue weighted by molar-refractivity contribution is -0.153. The van der Waals surface area contributed by atoms with Crippen molar-refractivity contribution in [1.29, 1.82) is 0 Å². The van der Waals surface area contributed by atoms with Gasteiger partial charge in [-0.3, -0.25) is 14.4 Å². The van der Waals surface area contributed by atoms with Crippen LogP contribution in [0.2, 0.25) is 0 Å². The number of aryl methyl sites for hydroxylation is 1. The largest absolute Gasteiger partial charge is 0.481 e. The lowest BCUT2D eigenvalue weighted by Gasteiger charge is -2.38. The maximum atomic E-state index is 13.5. The highest BCUT2D eigenvalue weighted by Crippen LogP contribution is 2.32. The van der Waals surface area contributed by atoms with Crippen molar-refractivity contribution in [3.05, 3.63) is 99.5 Å². The van der Waals surface area contributed by atoms with Gasteiger partial charge in [-0.15, -0.1) is 11.3 Å². The smallest absolute Gasteiger partial charge is 0.310 e. The minimum Gasteiger partial charge on any atom is -0.481 e. The number of nitrogens with one attached hydrogen (secondary N) is 1. The van der Waals surface area contributed by atoms with Gasteiger partial charge in [0.15, 0.2) is 5.82 Å². The van der Waals surface area contributed by atoms with Gasteiger partial charge >= 0.3 is 5.97 Å².